The SMILES string of the molecule is CNC1CC2CCCC(C1)N2c1ccccc1Br. The highest BCUT2D eigenvalue weighted by molar-refractivity contribution is 9.10. The first-order valence-electron chi connectivity index (χ1n) is 6.99. The van der Waals surface area contributed by atoms with E-state index >= 15 is 0 Å². The van der Waals surface area contributed by atoms with E-state index in [9.17, 15) is 0 Å². The number of rotatable bonds is 2. The third-order valence-electron chi connectivity index (χ3n) is 4.51. The Labute approximate surface area is 118 Å². The highest BCUT2D eigenvalue weighted by Crippen LogP contribution is 2.40. The van der Waals surface area contributed by atoms with E-state index < -0.39 is 0 Å². The van der Waals surface area contributed by atoms with Crippen LogP contribution in [-0.2, 0) is 0 Å². The summed E-state index contributed by atoms with van der Waals surface area (Å²) in [6.45, 7) is 0. The Morgan fingerprint density at radius 1 is 1.17 bits per heavy atom. The van der Waals surface area contributed by atoms with Gasteiger partial charge < -0.3 is 10.2 Å². The Kier molecular flexibility index (Phi) is 3.62. The Balaban J connectivity index is 1.90. The molecule has 2 fully saturated rings. The van der Waals surface area contributed by atoms with Crippen molar-refractivity contribution in [3.63, 3.8) is 0 Å². The molecular weight excluding hydrogens is 288 g/mol. The molecule has 0 spiro atoms. The first-order valence-corrected chi connectivity index (χ1v) is 7.79. The molecule has 3 rings (SSSR count). The molecule has 2 saturated heterocycles. The monoisotopic (exact) mass is 308 g/mol. The maximum absolute atomic E-state index is 3.71. The summed E-state index contributed by atoms with van der Waals surface area (Å²) in [6, 6.07) is 10.8. The largest absolute Gasteiger partial charge is 0.365 e. The molecule has 0 amide bonds. The van der Waals surface area contributed by atoms with Crippen LogP contribution in [-0.4, -0.2) is 25.2 Å². The van der Waals surface area contributed by atoms with Crippen LogP contribution in [0.4, 0.5) is 5.69 Å². The Hall–Kier alpha value is -0.540. The van der Waals surface area contributed by atoms with E-state index in [1.54, 1.807) is 0 Å². The quantitative estimate of drug-likeness (QED) is 0.898. The summed E-state index contributed by atoms with van der Waals surface area (Å²) >= 11 is 3.71. The minimum Gasteiger partial charge on any atom is -0.365 e. The van der Waals surface area contributed by atoms with Gasteiger partial charge in [-0.05, 0) is 67.2 Å². The predicted molar refractivity (Wildman–Crippen MR) is 80.1 cm³/mol. The average Bonchev–Trinajstić information content (AvgIpc) is 2.38. The minimum absolute atomic E-state index is 0.707. The Bertz CT molecular complexity index is 407. The molecule has 2 unspecified atom stereocenters. The molecule has 2 aliphatic heterocycles. The highest BCUT2D eigenvalue weighted by atomic mass is 79.9. The van der Waals surface area contributed by atoms with Crippen LogP contribution in [0, 0.1) is 0 Å². The van der Waals surface area contributed by atoms with Crippen molar-refractivity contribution in [1.29, 1.82) is 0 Å². The van der Waals surface area contributed by atoms with E-state index in [1.807, 2.05) is 0 Å². The van der Waals surface area contributed by atoms with E-state index in [0.29, 0.717) is 18.1 Å². The molecule has 1 N–H and O–H groups in total. The van der Waals surface area contributed by atoms with Gasteiger partial charge in [0.05, 0.1) is 5.69 Å². The molecular formula is C15H21BrN2. The molecule has 0 saturated carbocycles. The van der Waals surface area contributed by atoms with Crippen LogP contribution in [0.2, 0.25) is 0 Å². The number of fused-ring (bicyclic) bond motifs is 2. The molecule has 0 aliphatic carbocycles. The van der Waals surface area contributed by atoms with Gasteiger partial charge in [-0.3, -0.25) is 0 Å². The van der Waals surface area contributed by atoms with E-state index in [0.717, 1.165) is 0 Å². The lowest BCUT2D eigenvalue weighted by Gasteiger charge is -2.50. The number of piperidine rings is 2. The van der Waals surface area contributed by atoms with E-state index in [4.69, 9.17) is 0 Å². The van der Waals surface area contributed by atoms with E-state index in [1.165, 1.54) is 42.3 Å². The fraction of sp³-hybridized carbons (Fsp3) is 0.600. The topological polar surface area (TPSA) is 15.3 Å². The van der Waals surface area contributed by atoms with Crippen molar-refractivity contribution in [2.45, 2.75) is 50.2 Å². The molecule has 18 heavy (non-hydrogen) atoms. The van der Waals surface area contributed by atoms with Gasteiger partial charge in [-0.1, -0.05) is 12.1 Å². The summed E-state index contributed by atoms with van der Waals surface area (Å²) in [5.74, 6) is 0. The Morgan fingerprint density at radius 2 is 1.83 bits per heavy atom. The first kappa shape index (κ1) is 12.5. The van der Waals surface area contributed by atoms with Gasteiger partial charge in [0.2, 0.25) is 0 Å². The van der Waals surface area contributed by atoms with Gasteiger partial charge in [0.25, 0.3) is 0 Å². The molecule has 2 nitrogen and oxygen atoms in total. The second-order valence-corrected chi connectivity index (χ2v) is 6.41. The third-order valence-corrected chi connectivity index (χ3v) is 5.18. The van der Waals surface area contributed by atoms with Crippen LogP contribution in [0.25, 0.3) is 0 Å². The third kappa shape index (κ3) is 2.19. The molecule has 2 atom stereocenters. The van der Waals surface area contributed by atoms with Crippen molar-refractivity contribution in [2.75, 3.05) is 11.9 Å². The zero-order valence-corrected chi connectivity index (χ0v) is 12.5. The molecule has 0 aromatic heterocycles. The van der Waals surface area contributed by atoms with Crippen molar-refractivity contribution in [3.05, 3.63) is 28.7 Å². The van der Waals surface area contributed by atoms with Gasteiger partial charge >= 0.3 is 0 Å². The average molecular weight is 309 g/mol. The summed E-state index contributed by atoms with van der Waals surface area (Å²) in [5, 5.41) is 3.48. The maximum Gasteiger partial charge on any atom is 0.0515 e. The van der Waals surface area contributed by atoms with Gasteiger partial charge in [0.1, 0.15) is 0 Å². The van der Waals surface area contributed by atoms with Crippen LogP contribution in [0.1, 0.15) is 32.1 Å². The molecule has 3 heteroatoms. The number of benzene rings is 1. The second kappa shape index (κ2) is 5.22. The van der Waals surface area contributed by atoms with Gasteiger partial charge in [-0.2, -0.15) is 0 Å². The lowest BCUT2D eigenvalue weighted by atomic mass is 9.81. The molecule has 2 heterocycles. The molecule has 0 radical (unpaired) electrons. The van der Waals surface area contributed by atoms with Gasteiger partial charge in [0, 0.05) is 22.6 Å². The number of nitrogens with one attached hydrogen (secondary N) is 1. The lowest BCUT2D eigenvalue weighted by Crippen LogP contribution is -2.56. The number of nitrogens with zero attached hydrogens (tertiary/aromatic N) is 1. The number of hydrogen-bond acceptors (Lipinski definition) is 2. The number of anilines is 1. The summed E-state index contributed by atoms with van der Waals surface area (Å²) < 4.78 is 1.24. The van der Waals surface area contributed by atoms with Crippen molar-refractivity contribution < 1.29 is 0 Å². The minimum atomic E-state index is 0.707. The van der Waals surface area contributed by atoms with Crippen LogP contribution in [0.15, 0.2) is 28.7 Å². The van der Waals surface area contributed by atoms with Crippen LogP contribution in [0.3, 0.4) is 0 Å². The first-order chi connectivity index (χ1) is 8.79. The smallest absolute Gasteiger partial charge is 0.0515 e. The maximum atomic E-state index is 3.71. The van der Waals surface area contributed by atoms with E-state index in [2.05, 4.69) is 57.5 Å². The number of para-hydroxylation sites is 1. The highest BCUT2D eigenvalue weighted by Gasteiger charge is 2.38. The van der Waals surface area contributed by atoms with Crippen LogP contribution < -0.4 is 10.2 Å². The molecule has 2 bridgehead atoms. The number of hydrogen-bond donors (Lipinski definition) is 1. The van der Waals surface area contributed by atoms with Gasteiger partial charge in [-0.15, -0.1) is 0 Å². The van der Waals surface area contributed by atoms with Crippen LogP contribution >= 0.6 is 15.9 Å². The zero-order valence-electron chi connectivity index (χ0n) is 10.9. The predicted octanol–water partition coefficient (Wildman–Crippen LogP) is 3.56. The summed E-state index contributed by atoms with van der Waals surface area (Å²) in [4.78, 5) is 2.68. The van der Waals surface area contributed by atoms with Crippen molar-refractivity contribution >= 4 is 21.6 Å². The zero-order chi connectivity index (χ0) is 12.5. The van der Waals surface area contributed by atoms with Crippen molar-refractivity contribution in [2.24, 2.45) is 0 Å². The summed E-state index contributed by atoms with van der Waals surface area (Å²) in [5.41, 5.74) is 1.39. The molecule has 1 aromatic carbocycles. The van der Waals surface area contributed by atoms with Gasteiger partial charge in [0.15, 0.2) is 0 Å². The number of halogens is 1. The molecule has 1 aromatic rings. The fourth-order valence-electron chi connectivity index (χ4n) is 3.67. The Morgan fingerprint density at radius 3 is 2.44 bits per heavy atom. The fourth-order valence-corrected chi connectivity index (χ4v) is 4.16. The lowest BCUT2D eigenvalue weighted by molar-refractivity contribution is 0.252. The summed E-state index contributed by atoms with van der Waals surface area (Å²) in [6.07, 6.45) is 6.65. The van der Waals surface area contributed by atoms with Gasteiger partial charge in [-0.25, -0.2) is 0 Å². The van der Waals surface area contributed by atoms with Crippen molar-refractivity contribution in [1.82, 2.24) is 5.32 Å². The van der Waals surface area contributed by atoms with E-state index in [-0.39, 0.29) is 0 Å². The van der Waals surface area contributed by atoms with Crippen LogP contribution in [0.5, 0.6) is 0 Å². The van der Waals surface area contributed by atoms with Crippen molar-refractivity contribution in [3.8, 4) is 0 Å². The second-order valence-electron chi connectivity index (χ2n) is 5.55. The normalized spacial score (nSPS) is 31.4. The summed E-state index contributed by atoms with van der Waals surface area (Å²) in [7, 11) is 2.11. The standard InChI is InChI=1S/C15H21BrN2/c1-17-11-9-12-5-4-6-13(10-11)18(12)15-8-3-2-7-14(15)16/h2-3,7-8,11-13,17H,4-6,9-10H2,1H3. The molecule has 98 valence electrons. The molecule has 2 aliphatic rings.